The summed E-state index contributed by atoms with van der Waals surface area (Å²) >= 11 is 0. The van der Waals surface area contributed by atoms with Gasteiger partial charge in [0.05, 0.1) is 5.69 Å². The molecule has 114 valence electrons. The van der Waals surface area contributed by atoms with Gasteiger partial charge in [-0.15, -0.1) is 0 Å². The summed E-state index contributed by atoms with van der Waals surface area (Å²) in [5, 5.41) is 4.26. The number of carbonyl (C=O) groups is 1. The van der Waals surface area contributed by atoms with Crippen LogP contribution in [0.15, 0.2) is 12.3 Å². The minimum atomic E-state index is -0.217. The predicted octanol–water partition coefficient (Wildman–Crippen LogP) is 1.54. The second-order valence-corrected chi connectivity index (χ2v) is 6.84. The molecular formula is C16H24N4O. The van der Waals surface area contributed by atoms with E-state index in [-0.39, 0.29) is 5.54 Å². The zero-order valence-electron chi connectivity index (χ0n) is 12.8. The van der Waals surface area contributed by atoms with Gasteiger partial charge in [-0.25, -0.2) is 0 Å². The second-order valence-electron chi connectivity index (χ2n) is 6.84. The van der Waals surface area contributed by atoms with E-state index in [2.05, 4.69) is 21.0 Å². The lowest BCUT2D eigenvalue weighted by Crippen LogP contribution is -2.60. The summed E-state index contributed by atoms with van der Waals surface area (Å²) in [6, 6.07) is 2.62. The largest absolute Gasteiger partial charge is 0.338 e. The second kappa shape index (κ2) is 4.83. The number of aromatic nitrogens is 2. The highest BCUT2D eigenvalue weighted by Crippen LogP contribution is 2.42. The average Bonchev–Trinajstić information content (AvgIpc) is 3.13. The first-order chi connectivity index (χ1) is 10.2. The van der Waals surface area contributed by atoms with Crippen molar-refractivity contribution in [2.24, 2.45) is 7.05 Å². The van der Waals surface area contributed by atoms with Crippen LogP contribution >= 0.6 is 0 Å². The predicted molar refractivity (Wildman–Crippen MR) is 79.6 cm³/mol. The molecule has 21 heavy (non-hydrogen) atoms. The SMILES string of the molecule is Cn1nccc1CN1CCCC12CCCN(C1CC1)C2=O. The van der Waals surface area contributed by atoms with Gasteiger partial charge in [0.1, 0.15) is 5.54 Å². The molecule has 1 saturated carbocycles. The molecule has 1 spiro atoms. The maximum absolute atomic E-state index is 13.1. The van der Waals surface area contributed by atoms with Crippen molar-refractivity contribution in [2.45, 2.75) is 56.7 Å². The lowest BCUT2D eigenvalue weighted by Gasteiger charge is -2.45. The Bertz CT molecular complexity index is 550. The quantitative estimate of drug-likeness (QED) is 0.847. The Morgan fingerprint density at radius 2 is 2.05 bits per heavy atom. The molecule has 1 unspecified atom stereocenters. The van der Waals surface area contributed by atoms with E-state index in [4.69, 9.17) is 0 Å². The van der Waals surface area contributed by atoms with Crippen molar-refractivity contribution < 1.29 is 4.79 Å². The molecule has 2 aliphatic heterocycles. The van der Waals surface area contributed by atoms with Crippen molar-refractivity contribution in [1.82, 2.24) is 19.6 Å². The molecule has 1 atom stereocenters. The summed E-state index contributed by atoms with van der Waals surface area (Å²) < 4.78 is 1.93. The molecule has 1 aromatic rings. The minimum Gasteiger partial charge on any atom is -0.338 e. The standard InChI is InChI=1S/C16H24N4O/c1-18-14(6-9-17-18)12-19-10-2-7-16(19)8-3-11-20(15(16)21)13-4-5-13/h6,9,13H,2-5,7-8,10-12H2,1H3. The Kier molecular flexibility index (Phi) is 3.06. The van der Waals surface area contributed by atoms with Gasteiger partial charge in [-0.05, 0) is 51.1 Å². The van der Waals surface area contributed by atoms with E-state index < -0.39 is 0 Å². The molecule has 3 heterocycles. The van der Waals surface area contributed by atoms with Crippen molar-refractivity contribution in [3.05, 3.63) is 18.0 Å². The fourth-order valence-corrected chi connectivity index (χ4v) is 4.19. The lowest BCUT2D eigenvalue weighted by molar-refractivity contribution is -0.148. The molecule has 0 N–H and O–H groups in total. The normalized spacial score (nSPS) is 30.5. The third-order valence-corrected chi connectivity index (χ3v) is 5.54. The van der Waals surface area contributed by atoms with E-state index >= 15 is 0 Å². The molecule has 5 nitrogen and oxygen atoms in total. The Morgan fingerprint density at radius 1 is 1.29 bits per heavy atom. The van der Waals surface area contributed by atoms with E-state index in [0.717, 1.165) is 45.3 Å². The number of rotatable bonds is 3. The van der Waals surface area contributed by atoms with Gasteiger partial charge in [0.2, 0.25) is 5.91 Å². The van der Waals surface area contributed by atoms with Crippen LogP contribution in [0.2, 0.25) is 0 Å². The van der Waals surface area contributed by atoms with Crippen LogP contribution < -0.4 is 0 Å². The van der Waals surface area contributed by atoms with Crippen LogP contribution in [0.25, 0.3) is 0 Å². The molecule has 1 aliphatic carbocycles. The Morgan fingerprint density at radius 3 is 2.71 bits per heavy atom. The highest BCUT2D eigenvalue weighted by Gasteiger charge is 2.53. The Balaban J connectivity index is 1.59. The molecule has 0 bridgehead atoms. The van der Waals surface area contributed by atoms with Crippen LogP contribution in [0.3, 0.4) is 0 Å². The highest BCUT2D eigenvalue weighted by molar-refractivity contribution is 5.88. The van der Waals surface area contributed by atoms with Crippen molar-refractivity contribution in [3.63, 3.8) is 0 Å². The van der Waals surface area contributed by atoms with Gasteiger partial charge in [0.15, 0.2) is 0 Å². The lowest BCUT2D eigenvalue weighted by atomic mass is 9.85. The number of likely N-dealkylation sites (tertiary alicyclic amines) is 2. The van der Waals surface area contributed by atoms with Crippen molar-refractivity contribution in [2.75, 3.05) is 13.1 Å². The number of hydrogen-bond donors (Lipinski definition) is 0. The van der Waals surface area contributed by atoms with Gasteiger partial charge in [-0.3, -0.25) is 14.4 Å². The molecule has 1 aromatic heterocycles. The third kappa shape index (κ3) is 2.09. The zero-order valence-corrected chi connectivity index (χ0v) is 12.8. The number of nitrogens with zero attached hydrogens (tertiary/aromatic N) is 4. The van der Waals surface area contributed by atoms with Gasteiger partial charge in [0.25, 0.3) is 0 Å². The van der Waals surface area contributed by atoms with Gasteiger partial charge in [0, 0.05) is 32.4 Å². The molecule has 0 aromatic carbocycles. The first-order valence-electron chi connectivity index (χ1n) is 8.24. The average molecular weight is 288 g/mol. The van der Waals surface area contributed by atoms with Crippen molar-refractivity contribution in [3.8, 4) is 0 Å². The Hall–Kier alpha value is -1.36. The molecule has 3 aliphatic rings. The molecule has 2 saturated heterocycles. The highest BCUT2D eigenvalue weighted by atomic mass is 16.2. The number of amides is 1. The van der Waals surface area contributed by atoms with E-state index in [1.165, 1.54) is 18.5 Å². The maximum Gasteiger partial charge on any atom is 0.243 e. The number of aryl methyl sites for hydroxylation is 1. The van der Waals surface area contributed by atoms with Crippen LogP contribution in [0.5, 0.6) is 0 Å². The third-order valence-electron chi connectivity index (χ3n) is 5.54. The van der Waals surface area contributed by atoms with E-state index in [9.17, 15) is 4.79 Å². The summed E-state index contributed by atoms with van der Waals surface area (Å²) in [5.74, 6) is 0.413. The summed E-state index contributed by atoms with van der Waals surface area (Å²) in [6.45, 7) is 2.86. The fraction of sp³-hybridized carbons (Fsp3) is 0.750. The van der Waals surface area contributed by atoms with Gasteiger partial charge >= 0.3 is 0 Å². The summed E-state index contributed by atoms with van der Waals surface area (Å²) in [5.41, 5.74) is 0.984. The van der Waals surface area contributed by atoms with Crippen LogP contribution in [0, 0.1) is 0 Å². The molecule has 4 rings (SSSR count). The Labute approximate surface area is 125 Å². The van der Waals surface area contributed by atoms with Crippen molar-refractivity contribution >= 4 is 5.91 Å². The van der Waals surface area contributed by atoms with E-state index in [1.807, 2.05) is 17.9 Å². The fourth-order valence-electron chi connectivity index (χ4n) is 4.19. The van der Waals surface area contributed by atoms with Gasteiger partial charge < -0.3 is 4.90 Å². The van der Waals surface area contributed by atoms with Gasteiger partial charge in [-0.2, -0.15) is 5.10 Å². The number of hydrogen-bond acceptors (Lipinski definition) is 3. The summed E-state index contributed by atoms with van der Waals surface area (Å²) in [4.78, 5) is 17.7. The topological polar surface area (TPSA) is 41.4 Å². The van der Waals surface area contributed by atoms with Crippen LogP contribution in [0.4, 0.5) is 0 Å². The zero-order chi connectivity index (χ0) is 14.4. The first kappa shape index (κ1) is 13.3. The first-order valence-corrected chi connectivity index (χ1v) is 8.24. The number of carbonyl (C=O) groups excluding carboxylic acids is 1. The molecule has 3 fully saturated rings. The van der Waals surface area contributed by atoms with Gasteiger partial charge in [-0.1, -0.05) is 0 Å². The minimum absolute atomic E-state index is 0.217. The molecule has 0 radical (unpaired) electrons. The van der Waals surface area contributed by atoms with E-state index in [1.54, 1.807) is 0 Å². The summed E-state index contributed by atoms with van der Waals surface area (Å²) in [6.07, 6.45) is 8.64. The molecular weight excluding hydrogens is 264 g/mol. The van der Waals surface area contributed by atoms with Crippen molar-refractivity contribution in [1.29, 1.82) is 0 Å². The smallest absolute Gasteiger partial charge is 0.243 e. The van der Waals surface area contributed by atoms with Crippen LogP contribution in [-0.4, -0.2) is 50.2 Å². The molecule has 1 amide bonds. The number of piperidine rings is 1. The van der Waals surface area contributed by atoms with E-state index in [0.29, 0.717) is 11.9 Å². The van der Waals surface area contributed by atoms with Crippen LogP contribution in [0.1, 0.15) is 44.2 Å². The monoisotopic (exact) mass is 288 g/mol. The summed E-state index contributed by atoms with van der Waals surface area (Å²) in [7, 11) is 1.98. The molecule has 5 heteroatoms. The van der Waals surface area contributed by atoms with Crippen LogP contribution in [-0.2, 0) is 18.4 Å². The maximum atomic E-state index is 13.1.